The molecule has 4 rings (SSSR count). The third-order valence-corrected chi connectivity index (χ3v) is 5.15. The maximum absolute atomic E-state index is 13.2. The lowest BCUT2D eigenvalue weighted by Crippen LogP contribution is -2.44. The summed E-state index contributed by atoms with van der Waals surface area (Å²) in [5.41, 5.74) is 9.04. The molecular weight excluding hydrogens is 386 g/mol. The topological polar surface area (TPSA) is 121 Å². The summed E-state index contributed by atoms with van der Waals surface area (Å²) in [6.45, 7) is 5.01. The zero-order valence-electron chi connectivity index (χ0n) is 16.9. The number of morpholine rings is 1. The van der Waals surface area contributed by atoms with E-state index in [9.17, 15) is 9.59 Å². The Kier molecular flexibility index (Phi) is 5.32. The lowest BCUT2D eigenvalue weighted by atomic mass is 10.0. The number of carbonyl (C=O) groups excluding carboxylic acids is 2. The lowest BCUT2D eigenvalue weighted by Gasteiger charge is -2.35. The summed E-state index contributed by atoms with van der Waals surface area (Å²) in [5.74, 6) is -0.826. The molecule has 2 N–H and O–H groups in total. The first-order valence-corrected chi connectivity index (χ1v) is 9.64. The first-order valence-electron chi connectivity index (χ1n) is 9.64. The van der Waals surface area contributed by atoms with Gasteiger partial charge in [0.2, 0.25) is 5.91 Å². The van der Waals surface area contributed by atoms with Crippen LogP contribution in [0.25, 0.3) is 5.69 Å². The molecule has 1 aliphatic heterocycles. The maximum atomic E-state index is 13.2. The fraction of sp³-hybridized carbons (Fsp3) is 0.350. The summed E-state index contributed by atoms with van der Waals surface area (Å²) in [7, 11) is 0. The predicted octanol–water partition coefficient (Wildman–Crippen LogP) is 0.780. The number of benzene rings is 1. The predicted molar refractivity (Wildman–Crippen MR) is 107 cm³/mol. The third-order valence-electron chi connectivity index (χ3n) is 5.15. The van der Waals surface area contributed by atoms with Crippen LogP contribution in [0.1, 0.15) is 33.5 Å². The van der Waals surface area contributed by atoms with Crippen molar-refractivity contribution < 1.29 is 14.3 Å². The Hall–Kier alpha value is -3.53. The standard InChI is InChI=1S/C20H23N7O3/c1-13-19(14(2)27(23-13)15-6-4-3-5-7-15)17-12-30-9-8-26(17)20(29)16-10-25(24-22-16)11-18(21)28/h3-7,10,17H,8-9,11-12H2,1-2H3,(H2,21,28). The molecular formula is C20H23N7O3. The number of primary amides is 1. The van der Waals surface area contributed by atoms with E-state index in [-0.39, 0.29) is 24.2 Å². The first-order chi connectivity index (χ1) is 14.5. The van der Waals surface area contributed by atoms with Crippen molar-refractivity contribution in [1.29, 1.82) is 0 Å². The third kappa shape index (κ3) is 3.69. The van der Waals surface area contributed by atoms with E-state index in [0.717, 1.165) is 22.6 Å². The maximum Gasteiger partial charge on any atom is 0.276 e. The van der Waals surface area contributed by atoms with Crippen molar-refractivity contribution >= 4 is 11.8 Å². The number of para-hydroxylation sites is 1. The zero-order valence-corrected chi connectivity index (χ0v) is 16.9. The Morgan fingerprint density at radius 2 is 2.00 bits per heavy atom. The van der Waals surface area contributed by atoms with Crippen LogP contribution in [0.3, 0.4) is 0 Å². The highest BCUT2D eigenvalue weighted by atomic mass is 16.5. The molecule has 3 aromatic rings. The molecule has 0 saturated carbocycles. The molecule has 10 nitrogen and oxygen atoms in total. The summed E-state index contributed by atoms with van der Waals surface area (Å²) < 4.78 is 8.84. The van der Waals surface area contributed by atoms with Crippen LogP contribution in [0.5, 0.6) is 0 Å². The monoisotopic (exact) mass is 409 g/mol. The molecule has 1 fully saturated rings. The summed E-state index contributed by atoms with van der Waals surface area (Å²) in [6, 6.07) is 9.55. The molecule has 0 bridgehead atoms. The van der Waals surface area contributed by atoms with Gasteiger partial charge in [0.15, 0.2) is 5.69 Å². The van der Waals surface area contributed by atoms with Crippen molar-refractivity contribution in [2.45, 2.75) is 26.4 Å². The van der Waals surface area contributed by atoms with E-state index in [1.807, 2.05) is 48.9 Å². The first kappa shape index (κ1) is 19.8. The van der Waals surface area contributed by atoms with Gasteiger partial charge in [-0.15, -0.1) is 5.10 Å². The average Bonchev–Trinajstić information content (AvgIpc) is 3.31. The van der Waals surface area contributed by atoms with E-state index < -0.39 is 5.91 Å². The Balaban J connectivity index is 1.66. The number of hydrogen-bond donors (Lipinski definition) is 1. The molecule has 0 spiro atoms. The quantitative estimate of drug-likeness (QED) is 0.665. The van der Waals surface area contributed by atoms with Crippen LogP contribution in [0, 0.1) is 13.8 Å². The van der Waals surface area contributed by atoms with E-state index in [0.29, 0.717) is 19.8 Å². The molecule has 2 aromatic heterocycles. The fourth-order valence-electron chi connectivity index (χ4n) is 3.82. The molecule has 0 radical (unpaired) electrons. The highest BCUT2D eigenvalue weighted by molar-refractivity contribution is 5.92. The molecule has 156 valence electrons. The molecule has 0 aliphatic carbocycles. The van der Waals surface area contributed by atoms with Gasteiger partial charge >= 0.3 is 0 Å². The van der Waals surface area contributed by atoms with Crippen molar-refractivity contribution in [3.05, 3.63) is 59.2 Å². The number of rotatable bonds is 5. The average molecular weight is 409 g/mol. The van der Waals surface area contributed by atoms with E-state index in [4.69, 9.17) is 15.6 Å². The largest absolute Gasteiger partial charge is 0.377 e. The number of nitrogens with two attached hydrogens (primary N) is 1. The van der Waals surface area contributed by atoms with E-state index in [1.54, 1.807) is 4.90 Å². The highest BCUT2D eigenvalue weighted by Crippen LogP contribution is 2.31. The number of hydrogen-bond acceptors (Lipinski definition) is 6. The molecule has 1 atom stereocenters. The Bertz CT molecular complexity index is 1070. The number of carbonyl (C=O) groups is 2. The van der Waals surface area contributed by atoms with Gasteiger partial charge in [-0.2, -0.15) is 5.10 Å². The van der Waals surface area contributed by atoms with Crippen LogP contribution < -0.4 is 5.73 Å². The normalized spacial score (nSPS) is 16.6. The minimum Gasteiger partial charge on any atom is -0.377 e. The fourth-order valence-corrected chi connectivity index (χ4v) is 3.82. The molecule has 1 aromatic carbocycles. The summed E-state index contributed by atoms with van der Waals surface area (Å²) in [4.78, 5) is 26.0. The second-order valence-electron chi connectivity index (χ2n) is 7.19. The minimum absolute atomic E-state index is 0.130. The number of aromatic nitrogens is 5. The molecule has 1 unspecified atom stereocenters. The van der Waals surface area contributed by atoms with Gasteiger partial charge in [-0.25, -0.2) is 9.36 Å². The summed E-state index contributed by atoms with van der Waals surface area (Å²) >= 11 is 0. The van der Waals surface area contributed by atoms with Crippen LogP contribution in [-0.4, -0.2) is 61.2 Å². The molecule has 10 heteroatoms. The number of nitrogens with zero attached hydrogens (tertiary/aromatic N) is 6. The number of ether oxygens (including phenoxy) is 1. The highest BCUT2D eigenvalue weighted by Gasteiger charge is 2.34. The lowest BCUT2D eigenvalue weighted by molar-refractivity contribution is -0.118. The van der Waals surface area contributed by atoms with Crippen LogP contribution in [0.4, 0.5) is 0 Å². The second kappa shape index (κ2) is 8.07. The van der Waals surface area contributed by atoms with Crippen LogP contribution in [0.15, 0.2) is 36.5 Å². The van der Waals surface area contributed by atoms with Crippen molar-refractivity contribution in [3.8, 4) is 5.69 Å². The molecule has 2 amide bonds. The van der Waals surface area contributed by atoms with Gasteiger partial charge in [0, 0.05) is 17.8 Å². The molecule has 1 saturated heterocycles. The van der Waals surface area contributed by atoms with Crippen LogP contribution in [-0.2, 0) is 16.1 Å². The smallest absolute Gasteiger partial charge is 0.276 e. The van der Waals surface area contributed by atoms with Crippen LogP contribution in [0.2, 0.25) is 0 Å². The van der Waals surface area contributed by atoms with Gasteiger partial charge in [-0.3, -0.25) is 9.59 Å². The van der Waals surface area contributed by atoms with E-state index in [1.165, 1.54) is 10.9 Å². The van der Waals surface area contributed by atoms with Crippen LogP contribution >= 0.6 is 0 Å². The van der Waals surface area contributed by atoms with Crippen molar-refractivity contribution in [1.82, 2.24) is 29.7 Å². The SMILES string of the molecule is Cc1nn(-c2ccccc2)c(C)c1C1COCCN1C(=O)c1cn(CC(N)=O)nn1. The minimum atomic E-state index is -0.553. The van der Waals surface area contributed by atoms with Gasteiger partial charge in [-0.05, 0) is 26.0 Å². The Labute approximate surface area is 173 Å². The second-order valence-corrected chi connectivity index (χ2v) is 7.19. The number of amides is 2. The Morgan fingerprint density at radius 3 is 2.73 bits per heavy atom. The van der Waals surface area contributed by atoms with Crippen molar-refractivity contribution in [2.75, 3.05) is 19.8 Å². The van der Waals surface area contributed by atoms with Gasteiger partial charge in [0.05, 0.1) is 36.8 Å². The molecule has 3 heterocycles. The van der Waals surface area contributed by atoms with Gasteiger partial charge in [0.25, 0.3) is 5.91 Å². The van der Waals surface area contributed by atoms with Gasteiger partial charge < -0.3 is 15.4 Å². The van der Waals surface area contributed by atoms with Gasteiger partial charge in [0.1, 0.15) is 6.54 Å². The zero-order chi connectivity index (χ0) is 21.3. The summed E-state index contributed by atoms with van der Waals surface area (Å²) in [5, 5.41) is 12.4. The molecule has 1 aliphatic rings. The van der Waals surface area contributed by atoms with E-state index in [2.05, 4.69) is 10.3 Å². The molecule has 30 heavy (non-hydrogen) atoms. The summed E-state index contributed by atoms with van der Waals surface area (Å²) in [6.07, 6.45) is 1.44. The number of aryl methyl sites for hydroxylation is 1. The Morgan fingerprint density at radius 1 is 1.23 bits per heavy atom. The van der Waals surface area contributed by atoms with E-state index >= 15 is 0 Å². The van der Waals surface area contributed by atoms with Gasteiger partial charge in [-0.1, -0.05) is 23.4 Å². The van der Waals surface area contributed by atoms with Crippen molar-refractivity contribution in [2.24, 2.45) is 5.73 Å². The van der Waals surface area contributed by atoms with Crippen molar-refractivity contribution in [3.63, 3.8) is 0 Å².